The predicted molar refractivity (Wildman–Crippen MR) is 66.6 cm³/mol. The summed E-state index contributed by atoms with van der Waals surface area (Å²) in [4.78, 5) is 15.3. The number of carbonyl (C=O) groups excluding carboxylic acids is 1. The summed E-state index contributed by atoms with van der Waals surface area (Å²) >= 11 is 0. The lowest BCUT2D eigenvalue weighted by atomic mass is 10.3. The molecule has 1 aromatic rings. The molecule has 1 heterocycles. The third-order valence-corrected chi connectivity index (χ3v) is 2.15. The van der Waals surface area contributed by atoms with Crippen molar-refractivity contribution in [3.63, 3.8) is 0 Å². The van der Waals surface area contributed by atoms with Crippen molar-refractivity contribution >= 4 is 11.7 Å². The minimum absolute atomic E-state index is 0.158. The molecule has 1 atom stereocenters. The van der Waals surface area contributed by atoms with Gasteiger partial charge in [-0.25, -0.2) is 9.78 Å². The summed E-state index contributed by atoms with van der Waals surface area (Å²) in [7, 11) is 1.29. The van der Waals surface area contributed by atoms with Crippen LogP contribution in [-0.4, -0.2) is 37.4 Å². The van der Waals surface area contributed by atoms with Gasteiger partial charge in [-0.2, -0.15) is 0 Å². The van der Waals surface area contributed by atoms with Gasteiger partial charge in [-0.3, -0.25) is 0 Å². The second-order valence-electron chi connectivity index (χ2n) is 3.67. The molecule has 0 aliphatic rings. The van der Waals surface area contributed by atoms with Crippen molar-refractivity contribution in [1.82, 2.24) is 4.98 Å². The molecule has 0 radical (unpaired) electrons. The van der Waals surface area contributed by atoms with Gasteiger partial charge >= 0.3 is 5.97 Å². The molecule has 1 unspecified atom stereocenters. The number of aromatic nitrogens is 1. The largest absolute Gasteiger partial charge is 0.471 e. The Labute approximate surface area is 106 Å². The van der Waals surface area contributed by atoms with E-state index in [2.05, 4.69) is 9.72 Å². The first kappa shape index (κ1) is 14.2. The van der Waals surface area contributed by atoms with Gasteiger partial charge in [0.25, 0.3) is 0 Å². The second kappa shape index (κ2) is 6.80. The summed E-state index contributed by atoms with van der Waals surface area (Å²) in [5.74, 6) is -0.317. The van der Waals surface area contributed by atoms with Crippen LogP contribution in [0.15, 0.2) is 12.1 Å². The van der Waals surface area contributed by atoms with Crippen LogP contribution < -0.4 is 10.5 Å². The minimum atomic E-state index is -0.530. The van der Waals surface area contributed by atoms with Crippen LogP contribution in [0, 0.1) is 0 Å². The van der Waals surface area contributed by atoms with Crippen LogP contribution in [-0.2, 0) is 9.47 Å². The molecular weight excluding hydrogens is 236 g/mol. The number of nitrogens with two attached hydrogens (primary N) is 1. The normalized spacial score (nSPS) is 11.9. The van der Waals surface area contributed by atoms with E-state index in [4.69, 9.17) is 15.2 Å². The molecule has 0 amide bonds. The van der Waals surface area contributed by atoms with Crippen molar-refractivity contribution in [2.24, 2.45) is 0 Å². The molecule has 1 aromatic heterocycles. The molecule has 0 saturated heterocycles. The van der Waals surface area contributed by atoms with E-state index in [0.717, 1.165) is 0 Å². The number of nitrogen functional groups attached to an aromatic ring is 1. The Bertz CT molecular complexity index is 409. The van der Waals surface area contributed by atoms with Crippen LogP contribution in [0.4, 0.5) is 5.69 Å². The minimum Gasteiger partial charge on any atom is -0.471 e. The summed E-state index contributed by atoms with van der Waals surface area (Å²) in [6, 6.07) is 3.04. The summed E-state index contributed by atoms with van der Waals surface area (Å²) in [5.41, 5.74) is 6.25. The maximum absolute atomic E-state index is 11.3. The fraction of sp³-hybridized carbons (Fsp3) is 0.500. The maximum atomic E-state index is 11.3. The number of hydrogen-bond acceptors (Lipinski definition) is 6. The van der Waals surface area contributed by atoms with Crippen molar-refractivity contribution < 1.29 is 19.0 Å². The van der Waals surface area contributed by atoms with Crippen molar-refractivity contribution in [3.05, 3.63) is 17.8 Å². The summed E-state index contributed by atoms with van der Waals surface area (Å²) in [6.07, 6.45) is -0.201. The van der Waals surface area contributed by atoms with Crippen LogP contribution >= 0.6 is 0 Å². The molecule has 0 aromatic carbocycles. The van der Waals surface area contributed by atoms with Gasteiger partial charge < -0.3 is 19.9 Å². The van der Waals surface area contributed by atoms with Crippen LogP contribution in [0.25, 0.3) is 0 Å². The molecule has 0 aliphatic heterocycles. The number of carbonyl (C=O) groups is 1. The number of esters is 1. The summed E-state index contributed by atoms with van der Waals surface area (Å²) in [5, 5.41) is 0. The van der Waals surface area contributed by atoms with E-state index in [1.807, 2.05) is 13.8 Å². The smallest absolute Gasteiger partial charge is 0.356 e. The van der Waals surface area contributed by atoms with Gasteiger partial charge in [0, 0.05) is 6.61 Å². The van der Waals surface area contributed by atoms with Crippen LogP contribution in [0.3, 0.4) is 0 Å². The summed E-state index contributed by atoms with van der Waals surface area (Å²) in [6.45, 7) is 4.78. The molecule has 0 bridgehead atoms. The zero-order valence-corrected chi connectivity index (χ0v) is 10.8. The van der Waals surface area contributed by atoms with Gasteiger partial charge in [-0.1, -0.05) is 0 Å². The molecule has 0 spiro atoms. The van der Waals surface area contributed by atoms with E-state index in [1.165, 1.54) is 13.2 Å². The Morgan fingerprint density at radius 2 is 2.22 bits per heavy atom. The van der Waals surface area contributed by atoms with Crippen molar-refractivity contribution in [2.75, 3.05) is 26.1 Å². The molecule has 18 heavy (non-hydrogen) atoms. The zero-order valence-electron chi connectivity index (χ0n) is 10.8. The molecule has 0 fully saturated rings. The highest BCUT2D eigenvalue weighted by Gasteiger charge is 2.13. The third kappa shape index (κ3) is 3.89. The average Bonchev–Trinajstić information content (AvgIpc) is 2.38. The molecule has 6 nitrogen and oxygen atoms in total. The van der Waals surface area contributed by atoms with Gasteiger partial charge in [-0.15, -0.1) is 0 Å². The van der Waals surface area contributed by atoms with Crippen molar-refractivity contribution in [1.29, 1.82) is 0 Å². The molecule has 1 rings (SSSR count). The molecule has 2 N–H and O–H groups in total. The van der Waals surface area contributed by atoms with Gasteiger partial charge in [0.15, 0.2) is 5.69 Å². The van der Waals surface area contributed by atoms with E-state index in [9.17, 15) is 4.79 Å². The van der Waals surface area contributed by atoms with Crippen molar-refractivity contribution in [2.45, 2.75) is 20.0 Å². The van der Waals surface area contributed by atoms with Gasteiger partial charge in [0.05, 0.1) is 19.4 Å². The van der Waals surface area contributed by atoms with Crippen molar-refractivity contribution in [3.8, 4) is 5.88 Å². The van der Waals surface area contributed by atoms with E-state index in [1.54, 1.807) is 6.07 Å². The van der Waals surface area contributed by atoms with Crippen LogP contribution in [0.5, 0.6) is 5.88 Å². The average molecular weight is 254 g/mol. The zero-order chi connectivity index (χ0) is 13.5. The number of ether oxygens (including phenoxy) is 3. The number of anilines is 1. The number of hydrogen-bond donors (Lipinski definition) is 1. The highest BCUT2D eigenvalue weighted by atomic mass is 16.5. The molecule has 6 heteroatoms. The highest BCUT2D eigenvalue weighted by Crippen LogP contribution is 2.20. The van der Waals surface area contributed by atoms with Crippen LogP contribution in [0.1, 0.15) is 24.3 Å². The first-order valence-corrected chi connectivity index (χ1v) is 5.67. The molecule has 0 aliphatic carbocycles. The third-order valence-electron chi connectivity index (χ3n) is 2.15. The van der Waals surface area contributed by atoms with Gasteiger partial charge in [0.2, 0.25) is 5.88 Å². The monoisotopic (exact) mass is 254 g/mol. The number of methoxy groups -OCH3 is 1. The Kier molecular flexibility index (Phi) is 5.38. The number of nitrogens with zero attached hydrogens (tertiary/aromatic N) is 1. The fourth-order valence-electron chi connectivity index (χ4n) is 1.27. The standard InChI is InChI=1S/C12H18N2O4/c1-4-17-7-8(2)18-11-9(13)5-6-10(14-11)12(15)16-3/h5-6,8H,4,7,13H2,1-3H3. The fourth-order valence-corrected chi connectivity index (χ4v) is 1.27. The van der Waals surface area contributed by atoms with E-state index >= 15 is 0 Å². The predicted octanol–water partition coefficient (Wildman–Crippen LogP) is 1.25. The van der Waals surface area contributed by atoms with Gasteiger partial charge in [-0.05, 0) is 26.0 Å². The maximum Gasteiger partial charge on any atom is 0.356 e. The lowest BCUT2D eigenvalue weighted by Gasteiger charge is -2.15. The molecule has 0 saturated carbocycles. The molecule has 100 valence electrons. The SMILES string of the molecule is CCOCC(C)Oc1nc(C(=O)OC)ccc1N. The quantitative estimate of drug-likeness (QED) is 0.769. The lowest BCUT2D eigenvalue weighted by Crippen LogP contribution is -2.21. The van der Waals surface area contributed by atoms with E-state index in [-0.39, 0.29) is 17.7 Å². The summed E-state index contributed by atoms with van der Waals surface area (Å²) < 4.78 is 15.3. The topological polar surface area (TPSA) is 83.7 Å². The first-order valence-electron chi connectivity index (χ1n) is 5.67. The first-order chi connectivity index (χ1) is 8.58. The van der Waals surface area contributed by atoms with Gasteiger partial charge in [0.1, 0.15) is 6.10 Å². The lowest BCUT2D eigenvalue weighted by molar-refractivity contribution is 0.0576. The Morgan fingerprint density at radius 3 is 2.83 bits per heavy atom. The highest BCUT2D eigenvalue weighted by molar-refractivity contribution is 5.87. The van der Waals surface area contributed by atoms with Crippen LogP contribution in [0.2, 0.25) is 0 Å². The Hall–Kier alpha value is -1.82. The molecular formula is C12H18N2O4. The van der Waals surface area contributed by atoms with E-state index < -0.39 is 5.97 Å². The second-order valence-corrected chi connectivity index (χ2v) is 3.67. The number of rotatable bonds is 6. The Morgan fingerprint density at radius 1 is 1.50 bits per heavy atom. The van der Waals surface area contributed by atoms with E-state index in [0.29, 0.717) is 18.9 Å². The Balaban J connectivity index is 2.77. The number of pyridine rings is 1.